The summed E-state index contributed by atoms with van der Waals surface area (Å²) in [6, 6.07) is 0. The third kappa shape index (κ3) is 1.81. The monoisotopic (exact) mass is 165 g/mol. The highest BCUT2D eigenvalue weighted by atomic mass is 16.1. The van der Waals surface area contributed by atoms with Crippen LogP contribution in [0.2, 0.25) is 0 Å². The van der Waals surface area contributed by atoms with Crippen molar-refractivity contribution in [2.24, 2.45) is 0 Å². The summed E-state index contributed by atoms with van der Waals surface area (Å²) in [6.07, 6.45) is 4.19. The average Bonchev–Trinajstić information content (AvgIpc) is 2.04. The van der Waals surface area contributed by atoms with Gasteiger partial charge in [-0.05, 0) is 6.42 Å². The molecule has 1 aliphatic rings. The van der Waals surface area contributed by atoms with E-state index in [1.807, 2.05) is 0 Å². The van der Waals surface area contributed by atoms with Gasteiger partial charge in [0.25, 0.3) is 0 Å². The first-order valence-electron chi connectivity index (χ1n) is 3.80. The van der Waals surface area contributed by atoms with E-state index >= 15 is 0 Å². The third-order valence-corrected chi connectivity index (χ3v) is 1.67. The molecule has 3 heteroatoms. The fourth-order valence-electron chi connectivity index (χ4n) is 1.01. The Morgan fingerprint density at radius 3 is 1.92 bits per heavy atom. The van der Waals surface area contributed by atoms with Crippen molar-refractivity contribution in [3.63, 3.8) is 0 Å². The number of carbonyl (C=O) groups is 2. The number of dihydropyridines is 1. The molecule has 64 valence electrons. The van der Waals surface area contributed by atoms with E-state index in [-0.39, 0.29) is 11.6 Å². The number of carbonyl (C=O) groups excluding carboxylic acids is 2. The highest BCUT2D eigenvalue weighted by molar-refractivity contribution is 5.98. The number of Topliss-reactive ketones (excluding diaryl/α,β-unsaturated/α-hetero) is 2. The van der Waals surface area contributed by atoms with Gasteiger partial charge in [-0.1, -0.05) is 12.2 Å². The molecule has 1 heterocycles. The maximum Gasteiger partial charge on any atom is 0.175 e. The van der Waals surface area contributed by atoms with Crippen LogP contribution in [0.3, 0.4) is 0 Å². The fourth-order valence-corrected chi connectivity index (χ4v) is 1.01. The summed E-state index contributed by atoms with van der Waals surface area (Å²) in [6.45, 7) is 2.95. The normalized spacial score (nSPS) is 15.8. The van der Waals surface area contributed by atoms with Crippen molar-refractivity contribution >= 4 is 11.6 Å². The molecule has 1 rings (SSSR count). The predicted molar refractivity (Wildman–Crippen MR) is 45.3 cm³/mol. The summed E-state index contributed by atoms with van der Waals surface area (Å²) < 4.78 is 0. The molecular weight excluding hydrogens is 154 g/mol. The van der Waals surface area contributed by atoms with Crippen molar-refractivity contribution < 1.29 is 9.59 Å². The Hall–Kier alpha value is -1.38. The number of hydrogen-bond acceptors (Lipinski definition) is 3. The lowest BCUT2D eigenvalue weighted by molar-refractivity contribution is -0.114. The first kappa shape index (κ1) is 8.71. The first-order valence-corrected chi connectivity index (χ1v) is 3.80. The van der Waals surface area contributed by atoms with E-state index in [0.29, 0.717) is 17.8 Å². The maximum atomic E-state index is 10.9. The van der Waals surface area contributed by atoms with Crippen LogP contribution in [-0.2, 0) is 9.59 Å². The second kappa shape index (κ2) is 3.34. The second-order valence-electron chi connectivity index (χ2n) is 2.71. The Bertz CT molecular complexity index is 259. The van der Waals surface area contributed by atoms with Gasteiger partial charge in [-0.25, -0.2) is 0 Å². The first-order chi connectivity index (χ1) is 5.61. The van der Waals surface area contributed by atoms with E-state index in [1.165, 1.54) is 13.8 Å². The van der Waals surface area contributed by atoms with Crippen LogP contribution < -0.4 is 5.32 Å². The molecule has 0 amide bonds. The maximum absolute atomic E-state index is 10.9. The molecule has 0 fully saturated rings. The van der Waals surface area contributed by atoms with Gasteiger partial charge in [-0.15, -0.1) is 0 Å². The largest absolute Gasteiger partial charge is 0.350 e. The molecule has 0 aromatic heterocycles. The Morgan fingerprint density at radius 1 is 1.17 bits per heavy atom. The number of allylic oxidation sites excluding steroid dienone is 4. The van der Waals surface area contributed by atoms with Gasteiger partial charge in [0.2, 0.25) is 0 Å². The molecule has 1 aliphatic heterocycles. The van der Waals surface area contributed by atoms with E-state index < -0.39 is 0 Å². The lowest BCUT2D eigenvalue weighted by Gasteiger charge is -2.13. The summed E-state index contributed by atoms with van der Waals surface area (Å²) >= 11 is 0. The SMILES string of the molecule is CC(=O)C1=CCC=C(C(C)=O)N1. The summed E-state index contributed by atoms with van der Waals surface area (Å²) in [5.74, 6) is -0.0799. The molecule has 0 saturated heterocycles. The van der Waals surface area contributed by atoms with Gasteiger partial charge in [-0.2, -0.15) is 0 Å². The molecule has 0 aromatic rings. The molecule has 0 bridgehead atoms. The smallest absolute Gasteiger partial charge is 0.175 e. The van der Waals surface area contributed by atoms with E-state index in [9.17, 15) is 9.59 Å². The van der Waals surface area contributed by atoms with Crippen molar-refractivity contribution in [1.29, 1.82) is 0 Å². The van der Waals surface area contributed by atoms with E-state index in [4.69, 9.17) is 0 Å². The topological polar surface area (TPSA) is 46.2 Å². The van der Waals surface area contributed by atoms with Crippen LogP contribution in [0.4, 0.5) is 0 Å². The lowest BCUT2D eigenvalue weighted by atomic mass is 10.1. The van der Waals surface area contributed by atoms with Crippen molar-refractivity contribution in [3.05, 3.63) is 23.5 Å². The molecule has 0 saturated carbocycles. The molecule has 0 spiro atoms. The van der Waals surface area contributed by atoms with E-state index in [1.54, 1.807) is 12.2 Å². The van der Waals surface area contributed by atoms with Crippen molar-refractivity contribution in [2.75, 3.05) is 0 Å². The average molecular weight is 165 g/mol. The van der Waals surface area contributed by atoms with Gasteiger partial charge in [0.15, 0.2) is 11.6 Å². The van der Waals surface area contributed by atoms with Gasteiger partial charge >= 0.3 is 0 Å². The molecule has 0 aliphatic carbocycles. The highest BCUT2D eigenvalue weighted by Crippen LogP contribution is 2.08. The zero-order valence-corrected chi connectivity index (χ0v) is 7.18. The van der Waals surface area contributed by atoms with Gasteiger partial charge in [0, 0.05) is 13.8 Å². The Labute approximate surface area is 71.1 Å². The number of rotatable bonds is 2. The Morgan fingerprint density at radius 2 is 1.58 bits per heavy atom. The molecule has 0 aromatic carbocycles. The standard InChI is InChI=1S/C9H11NO2/c1-6(11)8-4-3-5-9(10-8)7(2)12/h4-5,10H,3H2,1-2H3. The quantitative estimate of drug-likeness (QED) is 0.662. The van der Waals surface area contributed by atoms with Crippen molar-refractivity contribution in [2.45, 2.75) is 20.3 Å². The number of hydrogen-bond donors (Lipinski definition) is 1. The van der Waals surface area contributed by atoms with Crippen LogP contribution in [0.25, 0.3) is 0 Å². The van der Waals surface area contributed by atoms with E-state index in [2.05, 4.69) is 5.32 Å². The van der Waals surface area contributed by atoms with Gasteiger partial charge < -0.3 is 5.32 Å². The van der Waals surface area contributed by atoms with Crippen LogP contribution in [-0.4, -0.2) is 11.6 Å². The summed E-state index contributed by atoms with van der Waals surface area (Å²) in [7, 11) is 0. The summed E-state index contributed by atoms with van der Waals surface area (Å²) in [5.41, 5.74) is 1.03. The second-order valence-corrected chi connectivity index (χ2v) is 2.71. The number of ketones is 2. The minimum absolute atomic E-state index is 0.0400. The van der Waals surface area contributed by atoms with Crippen LogP contribution in [0.15, 0.2) is 23.5 Å². The summed E-state index contributed by atoms with van der Waals surface area (Å²) in [4.78, 5) is 21.8. The zero-order valence-electron chi connectivity index (χ0n) is 7.18. The van der Waals surface area contributed by atoms with Crippen LogP contribution in [0, 0.1) is 0 Å². The Balaban J connectivity index is 2.73. The highest BCUT2D eigenvalue weighted by Gasteiger charge is 2.11. The zero-order chi connectivity index (χ0) is 9.14. The molecule has 0 radical (unpaired) electrons. The minimum Gasteiger partial charge on any atom is -0.350 e. The van der Waals surface area contributed by atoms with Crippen LogP contribution in [0.5, 0.6) is 0 Å². The van der Waals surface area contributed by atoms with E-state index in [0.717, 1.165) is 0 Å². The van der Waals surface area contributed by atoms with Crippen molar-refractivity contribution in [1.82, 2.24) is 5.32 Å². The molecule has 0 unspecified atom stereocenters. The fraction of sp³-hybridized carbons (Fsp3) is 0.333. The molecular formula is C9H11NO2. The van der Waals surface area contributed by atoms with Crippen molar-refractivity contribution in [3.8, 4) is 0 Å². The van der Waals surface area contributed by atoms with Gasteiger partial charge in [-0.3, -0.25) is 9.59 Å². The number of nitrogens with one attached hydrogen (secondary N) is 1. The molecule has 0 atom stereocenters. The van der Waals surface area contributed by atoms with Crippen LogP contribution >= 0.6 is 0 Å². The molecule has 1 N–H and O–H groups in total. The lowest BCUT2D eigenvalue weighted by Crippen LogP contribution is -2.24. The third-order valence-electron chi connectivity index (χ3n) is 1.67. The Kier molecular flexibility index (Phi) is 2.43. The van der Waals surface area contributed by atoms with Gasteiger partial charge in [0.1, 0.15) is 0 Å². The molecule has 12 heavy (non-hydrogen) atoms. The predicted octanol–water partition coefficient (Wildman–Crippen LogP) is 0.925. The molecule has 3 nitrogen and oxygen atoms in total. The van der Waals surface area contributed by atoms with Crippen LogP contribution in [0.1, 0.15) is 20.3 Å². The summed E-state index contributed by atoms with van der Waals surface area (Å²) in [5, 5.41) is 2.78. The van der Waals surface area contributed by atoms with Gasteiger partial charge in [0.05, 0.1) is 11.4 Å². The minimum atomic E-state index is -0.0400.